The second-order valence-corrected chi connectivity index (χ2v) is 16.6. The minimum Gasteiger partial charge on any atom is -0.310 e. The molecule has 0 amide bonds. The van der Waals surface area contributed by atoms with Crippen LogP contribution in [0.2, 0.25) is 0 Å². The Balaban J connectivity index is 1.05. The van der Waals surface area contributed by atoms with E-state index in [2.05, 4.69) is 181 Å². The van der Waals surface area contributed by atoms with Crippen molar-refractivity contribution in [3.63, 3.8) is 0 Å². The van der Waals surface area contributed by atoms with Crippen molar-refractivity contribution >= 4 is 113 Å². The zero-order valence-electron chi connectivity index (χ0n) is 27.9. The molecule has 52 heavy (non-hydrogen) atoms. The van der Waals surface area contributed by atoms with Gasteiger partial charge in [-0.15, -0.1) is 34.0 Å². The van der Waals surface area contributed by atoms with E-state index in [9.17, 15) is 0 Å². The zero-order valence-corrected chi connectivity index (χ0v) is 30.4. The average molecular weight is 716 g/mol. The summed E-state index contributed by atoms with van der Waals surface area (Å²) in [7, 11) is 0. The maximum Gasteiger partial charge on any atom is 0.0476 e. The first-order valence-corrected chi connectivity index (χ1v) is 19.9. The fourth-order valence-corrected chi connectivity index (χ4v) is 11.0. The van der Waals surface area contributed by atoms with Gasteiger partial charge in [-0.2, -0.15) is 0 Å². The topological polar surface area (TPSA) is 3.24 Å². The molecule has 0 saturated carbocycles. The minimum atomic E-state index is 1.14. The number of fused-ring (bicyclic) bond motifs is 8. The normalized spacial score (nSPS) is 11.8. The molecule has 11 aromatic rings. The number of thiophene rings is 3. The molecule has 0 radical (unpaired) electrons. The van der Waals surface area contributed by atoms with Crippen molar-refractivity contribution in [2.24, 2.45) is 0 Å². The lowest BCUT2D eigenvalue weighted by molar-refractivity contribution is 1.30. The summed E-state index contributed by atoms with van der Waals surface area (Å²) < 4.78 is 5.25. The molecule has 1 nitrogen and oxygen atoms in total. The van der Waals surface area contributed by atoms with Gasteiger partial charge in [0, 0.05) is 67.2 Å². The smallest absolute Gasteiger partial charge is 0.0476 e. The van der Waals surface area contributed by atoms with Gasteiger partial charge in [0.1, 0.15) is 0 Å². The Labute approximate surface area is 312 Å². The lowest BCUT2D eigenvalue weighted by Gasteiger charge is -2.26. The van der Waals surface area contributed by atoms with Crippen LogP contribution in [-0.2, 0) is 0 Å². The maximum absolute atomic E-state index is 2.42. The molecule has 0 aliphatic carbocycles. The number of benzene rings is 8. The fourth-order valence-electron chi connectivity index (χ4n) is 7.65. The van der Waals surface area contributed by atoms with Crippen LogP contribution in [0, 0.1) is 0 Å². The molecule has 0 aliphatic rings. The van der Waals surface area contributed by atoms with Gasteiger partial charge >= 0.3 is 0 Å². The highest BCUT2D eigenvalue weighted by atomic mass is 32.1. The molecular weight excluding hydrogens is 687 g/mol. The lowest BCUT2D eigenvalue weighted by atomic mass is 10.0. The number of nitrogens with zero attached hydrogens (tertiary/aromatic N) is 1. The summed E-state index contributed by atoms with van der Waals surface area (Å²) in [6, 6.07) is 65.0. The highest BCUT2D eigenvalue weighted by Gasteiger charge is 2.18. The van der Waals surface area contributed by atoms with Crippen molar-refractivity contribution in [3.05, 3.63) is 176 Å². The first kappa shape index (κ1) is 29.9. The Morgan fingerprint density at radius 1 is 0.288 bits per heavy atom. The Kier molecular flexibility index (Phi) is 6.84. The fraction of sp³-hybridized carbons (Fsp3) is 0. The van der Waals surface area contributed by atoms with E-state index in [0.29, 0.717) is 0 Å². The third kappa shape index (κ3) is 4.95. The third-order valence-electron chi connectivity index (χ3n) is 10.2. The predicted molar refractivity (Wildman–Crippen MR) is 231 cm³/mol. The van der Waals surface area contributed by atoms with E-state index in [1.54, 1.807) is 0 Å². The predicted octanol–water partition coefficient (Wildman–Crippen LogP) is 15.6. The molecule has 3 heterocycles. The number of hydrogen-bond acceptors (Lipinski definition) is 4. The number of anilines is 3. The standard InChI is InChI=1S/C48H29NS3/c1-2-8-30(9-3-1)43-22-23-44(50-43)31-14-16-36(17-15-31)49(37-18-20-39-41-24-32-10-4-6-12-34(32)26-45(41)51-47(39)28-37)38-19-21-40-42-25-33-11-5-7-13-35(33)27-46(42)52-48(40)29-38/h1-29H. The second kappa shape index (κ2) is 11.9. The molecule has 244 valence electrons. The molecular formula is C48H29NS3. The Hall–Kier alpha value is -5.78. The largest absolute Gasteiger partial charge is 0.310 e. The molecule has 0 saturated heterocycles. The van der Waals surface area contributed by atoms with Crippen LogP contribution in [0.15, 0.2) is 176 Å². The molecule has 0 spiro atoms. The first-order valence-electron chi connectivity index (χ1n) is 17.5. The van der Waals surface area contributed by atoms with Crippen molar-refractivity contribution < 1.29 is 0 Å². The van der Waals surface area contributed by atoms with Crippen molar-refractivity contribution in [1.29, 1.82) is 0 Å². The van der Waals surface area contributed by atoms with Crippen LogP contribution in [0.1, 0.15) is 0 Å². The van der Waals surface area contributed by atoms with Gasteiger partial charge in [-0.05, 0) is 105 Å². The molecule has 0 fully saturated rings. The summed E-state index contributed by atoms with van der Waals surface area (Å²) in [4.78, 5) is 4.99. The van der Waals surface area contributed by atoms with Crippen molar-refractivity contribution in [2.45, 2.75) is 0 Å². The van der Waals surface area contributed by atoms with E-state index < -0.39 is 0 Å². The van der Waals surface area contributed by atoms with Gasteiger partial charge in [0.25, 0.3) is 0 Å². The third-order valence-corrected chi connectivity index (χ3v) is 13.7. The summed E-state index contributed by atoms with van der Waals surface area (Å²) in [6.07, 6.45) is 0. The SMILES string of the molecule is c1ccc(-c2ccc(-c3ccc(N(c4ccc5c(c4)sc4cc6ccccc6cc45)c4ccc5c(c4)sc4cc6ccccc6cc45)cc3)s2)cc1. The summed E-state index contributed by atoms with van der Waals surface area (Å²) in [6.45, 7) is 0. The highest BCUT2D eigenvalue weighted by Crippen LogP contribution is 2.45. The van der Waals surface area contributed by atoms with E-state index in [4.69, 9.17) is 0 Å². The van der Waals surface area contributed by atoms with E-state index in [1.807, 2.05) is 34.0 Å². The monoisotopic (exact) mass is 715 g/mol. The molecule has 0 atom stereocenters. The van der Waals surface area contributed by atoms with E-state index in [0.717, 1.165) is 17.1 Å². The molecule has 4 heteroatoms. The first-order chi connectivity index (χ1) is 25.7. The average Bonchev–Trinajstić information content (AvgIpc) is 3.92. The Morgan fingerprint density at radius 2 is 0.712 bits per heavy atom. The quantitative estimate of drug-likeness (QED) is 0.171. The van der Waals surface area contributed by atoms with Crippen LogP contribution in [0.5, 0.6) is 0 Å². The van der Waals surface area contributed by atoms with Crippen molar-refractivity contribution in [3.8, 4) is 20.9 Å². The Bertz CT molecular complexity index is 2970. The summed E-state index contributed by atoms with van der Waals surface area (Å²) >= 11 is 5.61. The van der Waals surface area contributed by atoms with Crippen LogP contribution in [0.25, 0.3) is 82.8 Å². The molecule has 0 N–H and O–H groups in total. The summed E-state index contributed by atoms with van der Waals surface area (Å²) in [5.41, 5.74) is 5.95. The Morgan fingerprint density at radius 3 is 1.23 bits per heavy atom. The molecule has 3 aromatic heterocycles. The van der Waals surface area contributed by atoms with Gasteiger partial charge in [-0.1, -0.05) is 103 Å². The van der Waals surface area contributed by atoms with Crippen LogP contribution >= 0.6 is 34.0 Å². The highest BCUT2D eigenvalue weighted by molar-refractivity contribution is 7.26. The van der Waals surface area contributed by atoms with Crippen LogP contribution < -0.4 is 4.90 Å². The van der Waals surface area contributed by atoms with E-state index in [-0.39, 0.29) is 0 Å². The van der Waals surface area contributed by atoms with Gasteiger partial charge in [0.15, 0.2) is 0 Å². The van der Waals surface area contributed by atoms with Crippen LogP contribution in [0.3, 0.4) is 0 Å². The summed E-state index contributed by atoms with van der Waals surface area (Å²) in [5, 5.41) is 10.4. The molecule has 11 rings (SSSR count). The molecule has 0 aliphatic heterocycles. The van der Waals surface area contributed by atoms with Gasteiger partial charge in [-0.3, -0.25) is 0 Å². The minimum absolute atomic E-state index is 1.14. The van der Waals surface area contributed by atoms with Crippen LogP contribution in [-0.4, -0.2) is 0 Å². The number of hydrogen-bond donors (Lipinski definition) is 0. The molecule has 8 aromatic carbocycles. The molecule has 0 unspecified atom stereocenters. The van der Waals surface area contributed by atoms with E-state index >= 15 is 0 Å². The zero-order chi connectivity index (χ0) is 34.2. The van der Waals surface area contributed by atoms with Crippen molar-refractivity contribution in [1.82, 2.24) is 0 Å². The van der Waals surface area contributed by atoms with Crippen LogP contribution in [0.4, 0.5) is 17.1 Å². The van der Waals surface area contributed by atoms with Gasteiger partial charge < -0.3 is 4.90 Å². The van der Waals surface area contributed by atoms with Crippen molar-refractivity contribution in [2.75, 3.05) is 4.90 Å². The van der Waals surface area contributed by atoms with E-state index in [1.165, 1.54) is 82.8 Å². The second-order valence-electron chi connectivity index (χ2n) is 13.4. The lowest BCUT2D eigenvalue weighted by Crippen LogP contribution is -2.09. The summed E-state index contributed by atoms with van der Waals surface area (Å²) in [5.74, 6) is 0. The maximum atomic E-state index is 2.42. The number of rotatable bonds is 5. The molecule has 0 bridgehead atoms. The van der Waals surface area contributed by atoms with Gasteiger partial charge in [-0.25, -0.2) is 0 Å². The van der Waals surface area contributed by atoms with Gasteiger partial charge in [0.05, 0.1) is 0 Å². The van der Waals surface area contributed by atoms with Gasteiger partial charge in [0.2, 0.25) is 0 Å².